The molecule has 110 valence electrons. The zero-order chi connectivity index (χ0) is 14.8. The predicted molar refractivity (Wildman–Crippen MR) is 84.4 cm³/mol. The van der Waals surface area contributed by atoms with E-state index >= 15 is 0 Å². The summed E-state index contributed by atoms with van der Waals surface area (Å²) in [6, 6.07) is 5.79. The van der Waals surface area contributed by atoms with Crippen LogP contribution in [0.5, 0.6) is 0 Å². The molecule has 2 rings (SSSR count). The van der Waals surface area contributed by atoms with Crippen molar-refractivity contribution in [3.63, 3.8) is 0 Å². The molecule has 0 atom stereocenters. The summed E-state index contributed by atoms with van der Waals surface area (Å²) in [5.74, 6) is 0.513. The van der Waals surface area contributed by atoms with Crippen molar-refractivity contribution in [1.29, 1.82) is 0 Å². The molecule has 0 saturated carbocycles. The zero-order valence-corrected chi connectivity index (χ0v) is 12.8. The molecule has 1 aromatic rings. The lowest BCUT2D eigenvalue weighted by molar-refractivity contribution is 0.0925. The predicted octanol–water partition coefficient (Wildman–Crippen LogP) is 2.94. The first kappa shape index (κ1) is 14.7. The van der Waals surface area contributed by atoms with Gasteiger partial charge in [-0.2, -0.15) is 0 Å². The van der Waals surface area contributed by atoms with Crippen LogP contribution in [0.2, 0.25) is 0 Å². The number of amides is 1. The van der Waals surface area contributed by atoms with Crippen LogP contribution in [0, 0.1) is 11.3 Å². The lowest BCUT2D eigenvalue weighted by Gasteiger charge is -2.30. The molecule has 4 nitrogen and oxygen atoms in total. The number of rotatable bonds is 4. The fraction of sp³-hybridized carbons (Fsp3) is 0.562. The van der Waals surface area contributed by atoms with Gasteiger partial charge < -0.3 is 16.0 Å². The summed E-state index contributed by atoms with van der Waals surface area (Å²) < 4.78 is 0. The maximum absolute atomic E-state index is 12.4. The van der Waals surface area contributed by atoms with Crippen molar-refractivity contribution in [2.75, 3.05) is 30.3 Å². The van der Waals surface area contributed by atoms with Crippen LogP contribution in [0.4, 0.5) is 11.4 Å². The summed E-state index contributed by atoms with van der Waals surface area (Å²) >= 11 is 0. The molecule has 0 saturated heterocycles. The number of hydrogen-bond donors (Lipinski definition) is 3. The molecule has 0 unspecified atom stereocenters. The monoisotopic (exact) mass is 275 g/mol. The van der Waals surface area contributed by atoms with Crippen LogP contribution in [-0.2, 0) is 0 Å². The molecular formula is C16H25N3O. The van der Waals surface area contributed by atoms with Gasteiger partial charge in [0.1, 0.15) is 0 Å². The highest BCUT2D eigenvalue weighted by Gasteiger charge is 2.24. The second-order valence-corrected chi connectivity index (χ2v) is 6.41. The Morgan fingerprint density at radius 3 is 2.70 bits per heavy atom. The Balaban J connectivity index is 2.10. The molecule has 0 aromatic heterocycles. The van der Waals surface area contributed by atoms with E-state index in [9.17, 15) is 4.79 Å². The number of benzene rings is 1. The molecule has 1 aliphatic rings. The van der Waals surface area contributed by atoms with Crippen LogP contribution in [-0.4, -0.2) is 25.5 Å². The van der Waals surface area contributed by atoms with Crippen molar-refractivity contribution in [1.82, 2.24) is 5.32 Å². The molecular weight excluding hydrogens is 250 g/mol. The molecule has 0 aliphatic carbocycles. The number of carbonyl (C=O) groups excluding carboxylic acids is 1. The Morgan fingerprint density at radius 2 is 2.00 bits per heavy atom. The topological polar surface area (TPSA) is 53.2 Å². The van der Waals surface area contributed by atoms with Gasteiger partial charge in [0.05, 0.1) is 16.9 Å². The Kier molecular flexibility index (Phi) is 4.21. The van der Waals surface area contributed by atoms with Gasteiger partial charge in [-0.25, -0.2) is 0 Å². The number of anilines is 2. The van der Waals surface area contributed by atoms with Crippen molar-refractivity contribution in [3.8, 4) is 0 Å². The SMILES string of the molecule is CC(C)C(C)(C)CNC(=O)c1cccc2c1NCCN2. The Labute approximate surface area is 121 Å². The van der Waals surface area contributed by atoms with E-state index in [-0.39, 0.29) is 11.3 Å². The molecule has 3 N–H and O–H groups in total. The number of fused-ring (bicyclic) bond motifs is 1. The van der Waals surface area contributed by atoms with Crippen LogP contribution in [0.3, 0.4) is 0 Å². The second kappa shape index (κ2) is 5.73. The van der Waals surface area contributed by atoms with Crippen molar-refractivity contribution in [2.45, 2.75) is 27.7 Å². The van der Waals surface area contributed by atoms with Gasteiger partial charge in [-0.1, -0.05) is 33.8 Å². The molecule has 1 aliphatic heterocycles. The largest absolute Gasteiger partial charge is 0.382 e. The van der Waals surface area contributed by atoms with Gasteiger partial charge in [0.2, 0.25) is 0 Å². The van der Waals surface area contributed by atoms with E-state index in [4.69, 9.17) is 0 Å². The summed E-state index contributed by atoms with van der Waals surface area (Å²) in [4.78, 5) is 12.4. The molecule has 0 radical (unpaired) electrons. The van der Waals surface area contributed by atoms with E-state index in [1.54, 1.807) is 0 Å². The summed E-state index contributed by atoms with van der Waals surface area (Å²) in [7, 11) is 0. The average Bonchev–Trinajstić information content (AvgIpc) is 2.44. The van der Waals surface area contributed by atoms with Gasteiger partial charge in [0, 0.05) is 19.6 Å². The van der Waals surface area contributed by atoms with Crippen molar-refractivity contribution >= 4 is 17.3 Å². The van der Waals surface area contributed by atoms with Gasteiger partial charge in [-0.3, -0.25) is 4.79 Å². The minimum absolute atomic E-state index is 0.00762. The standard InChI is InChI=1S/C16H25N3O/c1-11(2)16(3,4)10-19-15(20)12-6-5-7-13-14(12)18-9-8-17-13/h5-7,11,17-18H,8-10H2,1-4H3,(H,19,20). The Bertz CT molecular complexity index is 494. The molecule has 4 heteroatoms. The summed E-state index contributed by atoms with van der Waals surface area (Å²) in [5.41, 5.74) is 2.73. The van der Waals surface area contributed by atoms with E-state index in [0.29, 0.717) is 18.0 Å². The summed E-state index contributed by atoms with van der Waals surface area (Å²) in [5, 5.41) is 9.68. The third kappa shape index (κ3) is 3.06. The zero-order valence-electron chi connectivity index (χ0n) is 12.8. The smallest absolute Gasteiger partial charge is 0.253 e. The van der Waals surface area contributed by atoms with Crippen LogP contribution in [0.1, 0.15) is 38.1 Å². The van der Waals surface area contributed by atoms with Crippen LogP contribution in [0.15, 0.2) is 18.2 Å². The normalized spacial score (nSPS) is 14.2. The fourth-order valence-electron chi connectivity index (χ4n) is 2.07. The number of para-hydroxylation sites is 1. The molecule has 0 fully saturated rings. The lowest BCUT2D eigenvalue weighted by atomic mass is 9.81. The number of carbonyl (C=O) groups is 1. The summed E-state index contributed by atoms with van der Waals surface area (Å²) in [6.45, 7) is 11.1. The van der Waals surface area contributed by atoms with E-state index in [2.05, 4.69) is 43.6 Å². The number of hydrogen-bond acceptors (Lipinski definition) is 3. The minimum atomic E-state index is -0.00762. The lowest BCUT2D eigenvalue weighted by Crippen LogP contribution is -2.37. The summed E-state index contributed by atoms with van der Waals surface area (Å²) in [6.07, 6.45) is 0. The second-order valence-electron chi connectivity index (χ2n) is 6.41. The maximum atomic E-state index is 12.4. The number of nitrogens with one attached hydrogen (secondary N) is 3. The Hall–Kier alpha value is -1.71. The first-order valence-electron chi connectivity index (χ1n) is 7.31. The van der Waals surface area contributed by atoms with Gasteiger partial charge in [-0.05, 0) is 23.5 Å². The minimum Gasteiger partial charge on any atom is -0.382 e. The van der Waals surface area contributed by atoms with Gasteiger partial charge in [-0.15, -0.1) is 0 Å². The molecule has 0 spiro atoms. The average molecular weight is 275 g/mol. The van der Waals surface area contributed by atoms with E-state index in [0.717, 1.165) is 24.5 Å². The van der Waals surface area contributed by atoms with Crippen molar-refractivity contribution in [3.05, 3.63) is 23.8 Å². The van der Waals surface area contributed by atoms with E-state index in [1.807, 2.05) is 18.2 Å². The maximum Gasteiger partial charge on any atom is 0.253 e. The van der Waals surface area contributed by atoms with Crippen LogP contribution in [0.25, 0.3) is 0 Å². The third-order valence-electron chi connectivity index (χ3n) is 4.32. The fourth-order valence-corrected chi connectivity index (χ4v) is 2.07. The molecule has 1 heterocycles. The first-order chi connectivity index (χ1) is 9.42. The Morgan fingerprint density at radius 1 is 1.30 bits per heavy atom. The molecule has 1 amide bonds. The molecule has 20 heavy (non-hydrogen) atoms. The van der Waals surface area contributed by atoms with Gasteiger partial charge in [0.25, 0.3) is 5.91 Å². The first-order valence-corrected chi connectivity index (χ1v) is 7.31. The highest BCUT2D eigenvalue weighted by Crippen LogP contribution is 2.29. The highest BCUT2D eigenvalue weighted by atomic mass is 16.1. The van der Waals surface area contributed by atoms with Crippen molar-refractivity contribution in [2.24, 2.45) is 11.3 Å². The third-order valence-corrected chi connectivity index (χ3v) is 4.32. The quantitative estimate of drug-likeness (QED) is 0.792. The van der Waals surface area contributed by atoms with Gasteiger partial charge >= 0.3 is 0 Å². The van der Waals surface area contributed by atoms with E-state index in [1.165, 1.54) is 0 Å². The molecule has 1 aromatic carbocycles. The van der Waals surface area contributed by atoms with Crippen molar-refractivity contribution < 1.29 is 4.79 Å². The van der Waals surface area contributed by atoms with Crippen LogP contribution >= 0.6 is 0 Å². The molecule has 0 bridgehead atoms. The highest BCUT2D eigenvalue weighted by molar-refractivity contribution is 6.02. The van der Waals surface area contributed by atoms with Crippen LogP contribution < -0.4 is 16.0 Å². The van der Waals surface area contributed by atoms with Gasteiger partial charge in [0.15, 0.2) is 0 Å². The van der Waals surface area contributed by atoms with E-state index < -0.39 is 0 Å².